The molecule has 0 amide bonds. The standard InChI is InChI=1S/C11H11NO5.C2H6O/c1-2-5-9(13)11(14)17-10-7-4-3-6-8(10)12(15)16;1-2-3/h3-4,6-7H,2,5H2,1H3;3H,2H2,1H3. The molecule has 7 nitrogen and oxygen atoms in total. The third kappa shape index (κ3) is 6.05. The molecule has 0 fully saturated rings. The van der Waals surface area contributed by atoms with E-state index in [1.54, 1.807) is 13.8 Å². The topological polar surface area (TPSA) is 107 Å². The van der Waals surface area contributed by atoms with E-state index in [2.05, 4.69) is 0 Å². The molecule has 0 aromatic heterocycles. The van der Waals surface area contributed by atoms with Gasteiger partial charge in [-0.05, 0) is 19.4 Å². The lowest BCUT2D eigenvalue weighted by Gasteiger charge is -2.03. The highest BCUT2D eigenvalue weighted by Crippen LogP contribution is 2.25. The number of nitro groups is 1. The Morgan fingerprint density at radius 3 is 2.35 bits per heavy atom. The molecule has 1 aromatic carbocycles. The molecule has 0 radical (unpaired) electrons. The number of para-hydroxylation sites is 2. The number of carbonyl (C=O) groups is 2. The van der Waals surface area contributed by atoms with Gasteiger partial charge in [-0.15, -0.1) is 0 Å². The Morgan fingerprint density at radius 2 is 1.85 bits per heavy atom. The molecular weight excluding hydrogens is 266 g/mol. The van der Waals surface area contributed by atoms with Crippen LogP contribution in [0.15, 0.2) is 24.3 Å². The number of aliphatic hydroxyl groups excluding tert-OH is 1. The van der Waals surface area contributed by atoms with Crippen LogP contribution in [0.5, 0.6) is 5.75 Å². The van der Waals surface area contributed by atoms with Crippen LogP contribution in [-0.4, -0.2) is 28.4 Å². The molecule has 1 rings (SSSR count). The van der Waals surface area contributed by atoms with Crippen LogP contribution in [-0.2, 0) is 9.59 Å². The van der Waals surface area contributed by atoms with Crippen LogP contribution in [0.4, 0.5) is 5.69 Å². The lowest BCUT2D eigenvalue weighted by Crippen LogP contribution is -2.20. The molecule has 0 aliphatic rings. The van der Waals surface area contributed by atoms with E-state index >= 15 is 0 Å². The first-order chi connectivity index (χ1) is 9.47. The summed E-state index contributed by atoms with van der Waals surface area (Å²) in [7, 11) is 0. The average Bonchev–Trinajstić information content (AvgIpc) is 2.40. The van der Waals surface area contributed by atoms with Crippen molar-refractivity contribution in [1.29, 1.82) is 0 Å². The number of rotatable bonds is 5. The monoisotopic (exact) mass is 283 g/mol. The second-order valence-corrected chi connectivity index (χ2v) is 3.60. The van der Waals surface area contributed by atoms with Gasteiger partial charge in [0.2, 0.25) is 11.5 Å². The normalized spacial score (nSPS) is 9.15. The van der Waals surface area contributed by atoms with Gasteiger partial charge in [-0.1, -0.05) is 19.1 Å². The fraction of sp³-hybridized carbons (Fsp3) is 0.385. The minimum Gasteiger partial charge on any atom is -0.413 e. The molecule has 0 heterocycles. The maximum Gasteiger partial charge on any atom is 0.380 e. The van der Waals surface area contributed by atoms with Crippen LogP contribution < -0.4 is 4.74 Å². The summed E-state index contributed by atoms with van der Waals surface area (Å²) in [6, 6.07) is 5.41. The summed E-state index contributed by atoms with van der Waals surface area (Å²) in [4.78, 5) is 32.4. The lowest BCUT2D eigenvalue weighted by molar-refractivity contribution is -0.385. The molecule has 0 aliphatic heterocycles. The van der Waals surface area contributed by atoms with Crippen molar-refractivity contribution in [3.05, 3.63) is 34.4 Å². The number of ketones is 1. The average molecular weight is 283 g/mol. The van der Waals surface area contributed by atoms with Crippen LogP contribution in [0.25, 0.3) is 0 Å². The minimum atomic E-state index is -1.07. The van der Waals surface area contributed by atoms with Gasteiger partial charge in [-0.2, -0.15) is 0 Å². The summed E-state index contributed by atoms with van der Waals surface area (Å²) >= 11 is 0. The van der Waals surface area contributed by atoms with E-state index in [0.29, 0.717) is 6.42 Å². The van der Waals surface area contributed by atoms with Crippen LogP contribution >= 0.6 is 0 Å². The largest absolute Gasteiger partial charge is 0.413 e. The molecule has 20 heavy (non-hydrogen) atoms. The van der Waals surface area contributed by atoms with Gasteiger partial charge in [0.25, 0.3) is 0 Å². The fourth-order valence-corrected chi connectivity index (χ4v) is 1.18. The van der Waals surface area contributed by atoms with Crippen molar-refractivity contribution in [3.8, 4) is 5.75 Å². The van der Waals surface area contributed by atoms with Crippen LogP contribution in [0.1, 0.15) is 26.7 Å². The minimum absolute atomic E-state index is 0.0689. The number of Topliss-reactive ketones (excluding diaryl/α,β-unsaturated/α-hetero) is 1. The van der Waals surface area contributed by atoms with E-state index in [9.17, 15) is 19.7 Å². The summed E-state index contributed by atoms with van der Waals surface area (Å²) in [5.41, 5.74) is -0.342. The van der Waals surface area contributed by atoms with E-state index in [4.69, 9.17) is 9.84 Å². The first-order valence-electron chi connectivity index (χ1n) is 6.07. The molecule has 1 aromatic rings. The zero-order valence-electron chi connectivity index (χ0n) is 11.4. The highest BCUT2D eigenvalue weighted by Gasteiger charge is 2.20. The zero-order chi connectivity index (χ0) is 15.5. The summed E-state index contributed by atoms with van der Waals surface area (Å²) in [6.07, 6.45) is 0.588. The third-order valence-electron chi connectivity index (χ3n) is 1.97. The molecule has 0 spiro atoms. The van der Waals surface area contributed by atoms with Crippen LogP contribution in [0.2, 0.25) is 0 Å². The first-order valence-corrected chi connectivity index (χ1v) is 6.07. The Morgan fingerprint density at radius 1 is 1.30 bits per heavy atom. The number of benzene rings is 1. The summed E-state index contributed by atoms with van der Waals surface area (Å²) in [5.74, 6) is -1.97. The van der Waals surface area contributed by atoms with E-state index in [-0.39, 0.29) is 24.5 Å². The Hall–Kier alpha value is -2.28. The van der Waals surface area contributed by atoms with Crippen molar-refractivity contribution in [2.75, 3.05) is 6.61 Å². The number of ether oxygens (including phenoxy) is 1. The molecular formula is C13H17NO6. The molecule has 0 bridgehead atoms. The Balaban J connectivity index is 0.00000110. The van der Waals surface area contributed by atoms with Gasteiger partial charge in [0.15, 0.2) is 0 Å². The molecule has 0 saturated carbocycles. The molecule has 110 valence electrons. The molecule has 0 atom stereocenters. The number of hydrogen-bond acceptors (Lipinski definition) is 6. The van der Waals surface area contributed by atoms with E-state index in [1.807, 2.05) is 0 Å². The predicted molar refractivity (Wildman–Crippen MR) is 71.4 cm³/mol. The first kappa shape index (κ1) is 17.7. The predicted octanol–water partition coefficient (Wildman–Crippen LogP) is 1.87. The van der Waals surface area contributed by atoms with Gasteiger partial charge < -0.3 is 9.84 Å². The van der Waals surface area contributed by atoms with Gasteiger partial charge >= 0.3 is 11.7 Å². The van der Waals surface area contributed by atoms with E-state index < -0.39 is 16.7 Å². The molecule has 0 aliphatic carbocycles. The van der Waals surface area contributed by atoms with Gasteiger partial charge in [-0.25, -0.2) is 4.79 Å². The van der Waals surface area contributed by atoms with Crippen molar-refractivity contribution < 1.29 is 24.4 Å². The van der Waals surface area contributed by atoms with Gasteiger partial charge in [0.05, 0.1) is 4.92 Å². The van der Waals surface area contributed by atoms with Crippen molar-refractivity contribution >= 4 is 17.4 Å². The number of nitro benzene ring substituents is 1. The molecule has 0 saturated heterocycles. The van der Waals surface area contributed by atoms with Crippen molar-refractivity contribution in [1.82, 2.24) is 0 Å². The van der Waals surface area contributed by atoms with Gasteiger partial charge in [0.1, 0.15) is 0 Å². The SMILES string of the molecule is CCCC(=O)C(=O)Oc1ccccc1[N+](=O)[O-].CCO. The lowest BCUT2D eigenvalue weighted by atomic mass is 10.2. The Labute approximate surface area is 116 Å². The smallest absolute Gasteiger partial charge is 0.380 e. The van der Waals surface area contributed by atoms with Gasteiger partial charge in [-0.3, -0.25) is 14.9 Å². The van der Waals surface area contributed by atoms with Crippen molar-refractivity contribution in [2.45, 2.75) is 26.7 Å². The summed E-state index contributed by atoms with van der Waals surface area (Å²) in [5, 5.41) is 18.2. The number of hydrogen-bond donors (Lipinski definition) is 1. The maximum absolute atomic E-state index is 11.3. The molecule has 1 N–H and O–H groups in total. The quantitative estimate of drug-likeness (QED) is 0.290. The van der Waals surface area contributed by atoms with Crippen molar-refractivity contribution in [2.24, 2.45) is 0 Å². The van der Waals surface area contributed by atoms with Crippen LogP contribution in [0.3, 0.4) is 0 Å². The summed E-state index contributed by atoms with van der Waals surface area (Å²) < 4.78 is 4.69. The number of nitrogens with zero attached hydrogens (tertiary/aromatic N) is 1. The Kier molecular flexibility index (Phi) is 8.53. The van der Waals surface area contributed by atoms with E-state index in [1.165, 1.54) is 24.3 Å². The number of esters is 1. The highest BCUT2D eigenvalue weighted by atomic mass is 16.6. The number of aliphatic hydroxyl groups is 1. The van der Waals surface area contributed by atoms with Crippen molar-refractivity contribution in [3.63, 3.8) is 0 Å². The fourth-order valence-electron chi connectivity index (χ4n) is 1.18. The molecule has 0 unspecified atom stereocenters. The Bertz CT molecular complexity index is 472. The molecule has 7 heteroatoms. The van der Waals surface area contributed by atoms with E-state index in [0.717, 1.165) is 0 Å². The second kappa shape index (κ2) is 9.62. The van der Waals surface area contributed by atoms with Crippen LogP contribution in [0, 0.1) is 10.1 Å². The second-order valence-electron chi connectivity index (χ2n) is 3.60. The summed E-state index contributed by atoms with van der Waals surface area (Å²) in [6.45, 7) is 3.68. The van der Waals surface area contributed by atoms with Gasteiger partial charge in [0, 0.05) is 19.1 Å². The zero-order valence-corrected chi connectivity index (χ0v) is 11.4. The number of carbonyl (C=O) groups excluding carboxylic acids is 2. The maximum atomic E-state index is 11.3. The third-order valence-corrected chi connectivity index (χ3v) is 1.97. The highest BCUT2D eigenvalue weighted by molar-refractivity contribution is 6.34.